The van der Waals surface area contributed by atoms with Crippen LogP contribution < -0.4 is 5.32 Å². The van der Waals surface area contributed by atoms with Gasteiger partial charge in [0.1, 0.15) is 0 Å². The summed E-state index contributed by atoms with van der Waals surface area (Å²) < 4.78 is 4.80. The molecular weight excluding hydrogens is 274 g/mol. The summed E-state index contributed by atoms with van der Waals surface area (Å²) in [5.41, 5.74) is 4.65. The maximum atomic E-state index is 11.8. The summed E-state index contributed by atoms with van der Waals surface area (Å²) in [6.45, 7) is 2.07. The molecule has 0 fully saturated rings. The second-order valence-corrected chi connectivity index (χ2v) is 5.54. The Hall–Kier alpha value is -2.55. The van der Waals surface area contributed by atoms with Gasteiger partial charge in [-0.15, -0.1) is 0 Å². The molecular formula is C19H19NO2. The van der Waals surface area contributed by atoms with Gasteiger partial charge in [-0.25, -0.2) is 4.79 Å². The van der Waals surface area contributed by atoms with Crippen molar-refractivity contribution in [2.75, 3.05) is 7.11 Å². The minimum Gasteiger partial charge on any atom is -0.453 e. The Morgan fingerprint density at radius 2 is 1.82 bits per heavy atom. The topological polar surface area (TPSA) is 38.3 Å². The van der Waals surface area contributed by atoms with E-state index in [2.05, 4.69) is 60.8 Å². The summed E-state index contributed by atoms with van der Waals surface area (Å²) in [7, 11) is 1.39. The smallest absolute Gasteiger partial charge is 0.407 e. The number of ether oxygens (including phenoxy) is 1. The van der Waals surface area contributed by atoms with Crippen LogP contribution in [0.3, 0.4) is 0 Å². The number of nitrogens with one attached hydrogen (secondary N) is 1. The molecule has 0 spiro atoms. The van der Waals surface area contributed by atoms with Crippen LogP contribution >= 0.6 is 0 Å². The first-order chi connectivity index (χ1) is 10.7. The summed E-state index contributed by atoms with van der Waals surface area (Å²) in [5.74, 6) is 0.0922. The minimum absolute atomic E-state index is 0.0922. The first-order valence-electron chi connectivity index (χ1n) is 7.37. The predicted octanol–water partition coefficient (Wildman–Crippen LogP) is 4.20. The Labute approximate surface area is 130 Å². The molecule has 1 amide bonds. The van der Waals surface area contributed by atoms with Gasteiger partial charge in [0, 0.05) is 5.92 Å². The number of benzene rings is 2. The Morgan fingerprint density at radius 1 is 1.09 bits per heavy atom. The normalized spacial score (nSPS) is 19.4. The van der Waals surface area contributed by atoms with Crippen molar-refractivity contribution in [3.63, 3.8) is 0 Å². The van der Waals surface area contributed by atoms with Crippen LogP contribution in [0.5, 0.6) is 0 Å². The molecule has 22 heavy (non-hydrogen) atoms. The predicted molar refractivity (Wildman–Crippen MR) is 87.7 cm³/mol. The number of methoxy groups -OCH3 is 1. The van der Waals surface area contributed by atoms with Crippen molar-refractivity contribution in [2.24, 2.45) is 0 Å². The van der Waals surface area contributed by atoms with E-state index in [4.69, 9.17) is 4.74 Å². The van der Waals surface area contributed by atoms with E-state index in [1.54, 1.807) is 0 Å². The van der Waals surface area contributed by atoms with Gasteiger partial charge in [0.2, 0.25) is 0 Å². The van der Waals surface area contributed by atoms with Gasteiger partial charge in [0.15, 0.2) is 0 Å². The van der Waals surface area contributed by atoms with Crippen molar-refractivity contribution < 1.29 is 9.53 Å². The summed E-state index contributed by atoms with van der Waals surface area (Å²) in [4.78, 5) is 11.8. The van der Waals surface area contributed by atoms with E-state index in [0.717, 1.165) is 11.1 Å². The number of fused-ring (bicyclic) bond motifs is 1. The largest absolute Gasteiger partial charge is 0.453 e. The number of hydrogen-bond donors (Lipinski definition) is 1. The average molecular weight is 293 g/mol. The lowest BCUT2D eigenvalue weighted by atomic mass is 9.80. The molecule has 0 radical (unpaired) electrons. The number of amides is 1. The highest BCUT2D eigenvalue weighted by molar-refractivity contribution is 5.70. The SMILES string of the molecule is COC(=O)N[C@H]1c2ccccc2C=C[C@H]1c1ccc(C)cc1. The maximum absolute atomic E-state index is 11.8. The summed E-state index contributed by atoms with van der Waals surface area (Å²) in [5, 5.41) is 2.98. The first kappa shape index (κ1) is 14.4. The molecule has 2 atom stereocenters. The van der Waals surface area contributed by atoms with E-state index >= 15 is 0 Å². The molecule has 0 unspecified atom stereocenters. The molecule has 2 aromatic rings. The Kier molecular flexibility index (Phi) is 3.96. The molecule has 3 nitrogen and oxygen atoms in total. The van der Waals surface area contributed by atoms with Crippen LogP contribution in [0.4, 0.5) is 4.79 Å². The van der Waals surface area contributed by atoms with Gasteiger partial charge in [0.05, 0.1) is 13.2 Å². The fourth-order valence-electron chi connectivity index (χ4n) is 2.90. The lowest BCUT2D eigenvalue weighted by Gasteiger charge is -2.30. The van der Waals surface area contributed by atoms with Crippen molar-refractivity contribution in [3.8, 4) is 0 Å². The number of aryl methyl sites for hydroxylation is 1. The van der Waals surface area contributed by atoms with Crippen LogP contribution in [0.2, 0.25) is 0 Å². The van der Waals surface area contributed by atoms with Crippen LogP contribution in [0.1, 0.15) is 34.2 Å². The van der Waals surface area contributed by atoms with Crippen LogP contribution in [-0.4, -0.2) is 13.2 Å². The third-order valence-corrected chi connectivity index (χ3v) is 4.09. The van der Waals surface area contributed by atoms with Crippen LogP contribution in [0, 0.1) is 6.92 Å². The van der Waals surface area contributed by atoms with E-state index in [9.17, 15) is 4.79 Å². The summed E-state index contributed by atoms with van der Waals surface area (Å²) in [6.07, 6.45) is 3.86. The number of alkyl carbamates (subject to hydrolysis) is 1. The highest BCUT2D eigenvalue weighted by Crippen LogP contribution is 2.38. The molecule has 3 rings (SSSR count). The lowest BCUT2D eigenvalue weighted by Crippen LogP contribution is -2.33. The van der Waals surface area contributed by atoms with Gasteiger partial charge in [-0.05, 0) is 23.6 Å². The molecule has 2 aromatic carbocycles. The van der Waals surface area contributed by atoms with E-state index < -0.39 is 6.09 Å². The Balaban J connectivity index is 2.01. The van der Waals surface area contributed by atoms with Gasteiger partial charge in [-0.3, -0.25) is 0 Å². The van der Waals surface area contributed by atoms with Crippen molar-refractivity contribution in [2.45, 2.75) is 18.9 Å². The molecule has 0 aliphatic heterocycles. The number of carbonyl (C=O) groups is 1. The second kappa shape index (κ2) is 6.06. The summed E-state index contributed by atoms with van der Waals surface area (Å²) in [6, 6.07) is 16.4. The fraction of sp³-hybridized carbons (Fsp3) is 0.211. The average Bonchev–Trinajstić information content (AvgIpc) is 2.56. The highest BCUT2D eigenvalue weighted by Gasteiger charge is 2.28. The molecule has 0 saturated heterocycles. The Morgan fingerprint density at radius 3 is 2.55 bits per heavy atom. The fourth-order valence-corrected chi connectivity index (χ4v) is 2.90. The minimum atomic E-state index is -0.410. The molecule has 112 valence electrons. The van der Waals surface area contributed by atoms with Gasteiger partial charge in [0.25, 0.3) is 0 Å². The van der Waals surface area contributed by atoms with E-state index in [1.165, 1.54) is 18.2 Å². The van der Waals surface area contributed by atoms with E-state index in [0.29, 0.717) is 0 Å². The molecule has 0 saturated carbocycles. The van der Waals surface area contributed by atoms with E-state index in [-0.39, 0.29) is 12.0 Å². The van der Waals surface area contributed by atoms with Crippen molar-refractivity contribution in [3.05, 3.63) is 76.9 Å². The highest BCUT2D eigenvalue weighted by atomic mass is 16.5. The lowest BCUT2D eigenvalue weighted by molar-refractivity contribution is 0.165. The zero-order chi connectivity index (χ0) is 15.5. The van der Waals surface area contributed by atoms with Crippen LogP contribution in [0.25, 0.3) is 6.08 Å². The van der Waals surface area contributed by atoms with Crippen molar-refractivity contribution in [1.29, 1.82) is 0 Å². The molecule has 0 bridgehead atoms. The first-order valence-corrected chi connectivity index (χ1v) is 7.37. The van der Waals surface area contributed by atoms with Gasteiger partial charge in [-0.2, -0.15) is 0 Å². The molecule has 0 heterocycles. The second-order valence-electron chi connectivity index (χ2n) is 5.54. The van der Waals surface area contributed by atoms with Crippen LogP contribution in [-0.2, 0) is 4.74 Å². The Bertz CT molecular complexity index is 704. The monoisotopic (exact) mass is 293 g/mol. The zero-order valence-corrected chi connectivity index (χ0v) is 12.7. The molecule has 1 aliphatic rings. The van der Waals surface area contributed by atoms with E-state index in [1.807, 2.05) is 12.1 Å². The molecule has 3 heteroatoms. The zero-order valence-electron chi connectivity index (χ0n) is 12.7. The van der Waals surface area contributed by atoms with Crippen LogP contribution in [0.15, 0.2) is 54.6 Å². The van der Waals surface area contributed by atoms with Gasteiger partial charge >= 0.3 is 6.09 Å². The molecule has 1 N–H and O–H groups in total. The molecule has 0 aromatic heterocycles. The number of rotatable bonds is 2. The van der Waals surface area contributed by atoms with Crippen molar-refractivity contribution in [1.82, 2.24) is 5.32 Å². The standard InChI is InChI=1S/C19H19NO2/c1-13-7-9-15(10-8-13)17-12-11-14-5-3-4-6-16(14)18(17)20-19(21)22-2/h3-12,17-18H,1-2H3,(H,20,21)/t17-,18-/m0/s1. The number of hydrogen-bond acceptors (Lipinski definition) is 2. The number of carbonyl (C=O) groups excluding carboxylic acids is 1. The quantitative estimate of drug-likeness (QED) is 0.901. The summed E-state index contributed by atoms with van der Waals surface area (Å²) >= 11 is 0. The third kappa shape index (κ3) is 2.75. The van der Waals surface area contributed by atoms with Crippen molar-refractivity contribution >= 4 is 12.2 Å². The third-order valence-electron chi connectivity index (χ3n) is 4.09. The van der Waals surface area contributed by atoms with Gasteiger partial charge in [-0.1, -0.05) is 66.2 Å². The molecule has 1 aliphatic carbocycles. The maximum Gasteiger partial charge on any atom is 0.407 e. The van der Waals surface area contributed by atoms with Gasteiger partial charge < -0.3 is 10.1 Å².